The number of primary sulfonamides is 1. The molecule has 0 aliphatic rings. The van der Waals surface area contributed by atoms with Gasteiger partial charge in [-0.3, -0.25) is 0 Å². The van der Waals surface area contributed by atoms with E-state index in [2.05, 4.69) is 0 Å². The number of benzene rings is 1. The number of nitrogens with two attached hydrogens (primary N) is 1. The lowest BCUT2D eigenvalue weighted by atomic mass is 10.1. The molecule has 0 radical (unpaired) electrons. The quantitative estimate of drug-likeness (QED) is 0.853. The Balaban J connectivity index is 3.04. The van der Waals surface area contributed by atoms with Crippen LogP contribution in [0.15, 0.2) is 28.7 Å². The lowest BCUT2D eigenvalue weighted by Crippen LogP contribution is -2.15. The molecule has 0 heterocycles. The standard InChI is InChI=1S/C13H19NO3S/c1-9(2)5-6-17-12-7-10(3)13(11(4)8-12)18(14,15)16/h5,7-8H,6H2,1-4H3,(H2,14,15,16). The number of hydrogen-bond acceptors (Lipinski definition) is 3. The van der Waals surface area contributed by atoms with Gasteiger partial charge in [0.05, 0.1) is 4.90 Å². The van der Waals surface area contributed by atoms with Crippen molar-refractivity contribution in [1.82, 2.24) is 0 Å². The van der Waals surface area contributed by atoms with E-state index in [0.29, 0.717) is 23.5 Å². The minimum Gasteiger partial charge on any atom is -0.490 e. The Kier molecular flexibility index (Phi) is 4.53. The smallest absolute Gasteiger partial charge is 0.238 e. The first kappa shape index (κ1) is 14.7. The first-order valence-corrected chi connectivity index (χ1v) is 7.16. The Morgan fingerprint density at radius 2 is 1.78 bits per heavy atom. The van der Waals surface area contributed by atoms with Crippen LogP contribution in [-0.2, 0) is 10.0 Å². The van der Waals surface area contributed by atoms with E-state index in [1.807, 2.05) is 19.9 Å². The second kappa shape index (κ2) is 5.54. The lowest BCUT2D eigenvalue weighted by molar-refractivity contribution is 0.361. The van der Waals surface area contributed by atoms with Crippen molar-refractivity contribution in [2.24, 2.45) is 5.14 Å². The van der Waals surface area contributed by atoms with Crippen molar-refractivity contribution >= 4 is 10.0 Å². The molecule has 1 aromatic rings. The summed E-state index contributed by atoms with van der Waals surface area (Å²) in [5.74, 6) is 0.648. The van der Waals surface area contributed by atoms with Crippen LogP contribution in [0.2, 0.25) is 0 Å². The summed E-state index contributed by atoms with van der Waals surface area (Å²) >= 11 is 0. The normalized spacial score (nSPS) is 11.2. The predicted octanol–water partition coefficient (Wildman–Crippen LogP) is 2.30. The fourth-order valence-corrected chi connectivity index (χ4v) is 2.76. The topological polar surface area (TPSA) is 69.4 Å². The Hall–Kier alpha value is -1.33. The van der Waals surface area contributed by atoms with E-state index in [-0.39, 0.29) is 4.90 Å². The molecule has 0 aliphatic carbocycles. The highest BCUT2D eigenvalue weighted by Gasteiger charge is 2.15. The molecule has 0 fully saturated rings. The fourth-order valence-electron chi connectivity index (χ4n) is 1.75. The summed E-state index contributed by atoms with van der Waals surface area (Å²) < 4.78 is 28.4. The first-order chi connectivity index (χ1) is 8.21. The number of hydrogen-bond donors (Lipinski definition) is 1. The number of allylic oxidation sites excluding steroid dienone is 1. The Bertz CT molecular complexity index is 547. The third-order valence-electron chi connectivity index (χ3n) is 2.46. The zero-order valence-electron chi connectivity index (χ0n) is 11.1. The zero-order valence-corrected chi connectivity index (χ0v) is 12.0. The Morgan fingerprint density at radius 3 is 2.17 bits per heavy atom. The second-order valence-corrected chi connectivity index (χ2v) is 6.02. The molecule has 1 rings (SSSR count). The zero-order chi connectivity index (χ0) is 13.9. The molecular weight excluding hydrogens is 250 g/mol. The van der Waals surface area contributed by atoms with Gasteiger partial charge in [-0.1, -0.05) is 5.57 Å². The van der Waals surface area contributed by atoms with Gasteiger partial charge < -0.3 is 4.74 Å². The molecule has 18 heavy (non-hydrogen) atoms. The molecule has 0 spiro atoms. The molecule has 0 bridgehead atoms. The number of sulfonamides is 1. The average Bonchev–Trinajstić information content (AvgIpc) is 2.12. The summed E-state index contributed by atoms with van der Waals surface area (Å²) in [4.78, 5) is 0.178. The second-order valence-electron chi connectivity index (χ2n) is 4.52. The summed E-state index contributed by atoms with van der Waals surface area (Å²) in [7, 11) is -3.68. The predicted molar refractivity (Wildman–Crippen MR) is 72.2 cm³/mol. The third-order valence-corrected chi connectivity index (χ3v) is 3.67. The minimum atomic E-state index is -3.68. The average molecular weight is 269 g/mol. The monoisotopic (exact) mass is 269 g/mol. The maximum absolute atomic E-state index is 11.4. The highest BCUT2D eigenvalue weighted by molar-refractivity contribution is 7.89. The van der Waals surface area contributed by atoms with Gasteiger partial charge in [0.2, 0.25) is 10.0 Å². The summed E-state index contributed by atoms with van der Waals surface area (Å²) in [6, 6.07) is 3.37. The van der Waals surface area contributed by atoms with Crippen LogP contribution in [0.3, 0.4) is 0 Å². The molecule has 1 aromatic carbocycles. The summed E-state index contributed by atoms with van der Waals surface area (Å²) in [6.45, 7) is 7.87. The molecule has 5 heteroatoms. The van der Waals surface area contributed by atoms with Crippen LogP contribution >= 0.6 is 0 Å². The minimum absolute atomic E-state index is 0.178. The van der Waals surface area contributed by atoms with Gasteiger partial charge in [0.1, 0.15) is 12.4 Å². The van der Waals surface area contributed by atoms with Crippen molar-refractivity contribution < 1.29 is 13.2 Å². The van der Waals surface area contributed by atoms with Gasteiger partial charge in [-0.2, -0.15) is 0 Å². The third kappa shape index (κ3) is 3.85. The van der Waals surface area contributed by atoms with Crippen LogP contribution in [-0.4, -0.2) is 15.0 Å². The van der Waals surface area contributed by atoms with E-state index in [9.17, 15) is 8.42 Å². The highest BCUT2D eigenvalue weighted by atomic mass is 32.2. The molecule has 0 atom stereocenters. The van der Waals surface area contributed by atoms with E-state index >= 15 is 0 Å². The van der Waals surface area contributed by atoms with Gasteiger partial charge >= 0.3 is 0 Å². The Labute approximate surface area is 109 Å². The fraction of sp³-hybridized carbons (Fsp3) is 0.385. The van der Waals surface area contributed by atoms with Crippen molar-refractivity contribution in [3.8, 4) is 5.75 Å². The van der Waals surface area contributed by atoms with Crippen molar-refractivity contribution in [3.05, 3.63) is 34.9 Å². The summed E-state index contributed by atoms with van der Waals surface area (Å²) in [5, 5.41) is 5.17. The van der Waals surface area contributed by atoms with E-state index in [1.165, 1.54) is 5.57 Å². The Morgan fingerprint density at radius 1 is 1.28 bits per heavy atom. The lowest BCUT2D eigenvalue weighted by Gasteiger charge is -2.11. The van der Waals surface area contributed by atoms with Gasteiger partial charge in [-0.15, -0.1) is 0 Å². The van der Waals surface area contributed by atoms with Crippen molar-refractivity contribution in [3.63, 3.8) is 0 Å². The van der Waals surface area contributed by atoms with Crippen molar-refractivity contribution in [2.45, 2.75) is 32.6 Å². The molecule has 0 unspecified atom stereocenters. The SMILES string of the molecule is CC(C)=CCOc1cc(C)c(S(N)(=O)=O)c(C)c1. The van der Waals surface area contributed by atoms with Gasteiger partial charge in [0.25, 0.3) is 0 Å². The van der Waals surface area contributed by atoms with Gasteiger partial charge in [-0.05, 0) is 57.0 Å². The van der Waals surface area contributed by atoms with Crippen LogP contribution in [0.1, 0.15) is 25.0 Å². The van der Waals surface area contributed by atoms with Gasteiger partial charge in [-0.25, -0.2) is 13.6 Å². The van der Waals surface area contributed by atoms with E-state index < -0.39 is 10.0 Å². The van der Waals surface area contributed by atoms with E-state index in [0.717, 1.165) is 0 Å². The van der Waals surface area contributed by atoms with Crippen LogP contribution in [0.25, 0.3) is 0 Å². The number of rotatable bonds is 4. The largest absolute Gasteiger partial charge is 0.490 e. The molecule has 0 amide bonds. The molecular formula is C13H19NO3S. The molecule has 0 aromatic heterocycles. The summed E-state index contributed by atoms with van der Waals surface area (Å²) in [6.07, 6.45) is 1.96. The maximum Gasteiger partial charge on any atom is 0.238 e. The molecule has 0 saturated carbocycles. The van der Waals surface area contributed by atoms with Gasteiger partial charge in [0.15, 0.2) is 0 Å². The summed E-state index contributed by atoms with van der Waals surface area (Å²) in [5.41, 5.74) is 2.37. The first-order valence-electron chi connectivity index (χ1n) is 5.62. The van der Waals surface area contributed by atoms with E-state index in [1.54, 1.807) is 26.0 Å². The molecule has 4 nitrogen and oxygen atoms in total. The molecule has 0 aliphatic heterocycles. The van der Waals surface area contributed by atoms with Crippen LogP contribution in [0.4, 0.5) is 0 Å². The number of ether oxygens (including phenoxy) is 1. The molecule has 0 saturated heterocycles. The van der Waals surface area contributed by atoms with Crippen LogP contribution in [0, 0.1) is 13.8 Å². The van der Waals surface area contributed by atoms with Crippen molar-refractivity contribution in [1.29, 1.82) is 0 Å². The molecule has 100 valence electrons. The maximum atomic E-state index is 11.4. The molecule has 2 N–H and O–H groups in total. The van der Waals surface area contributed by atoms with Crippen LogP contribution in [0.5, 0.6) is 5.75 Å². The van der Waals surface area contributed by atoms with Crippen molar-refractivity contribution in [2.75, 3.05) is 6.61 Å². The van der Waals surface area contributed by atoms with E-state index in [4.69, 9.17) is 9.88 Å². The van der Waals surface area contributed by atoms with Gasteiger partial charge in [0, 0.05) is 0 Å². The highest BCUT2D eigenvalue weighted by Crippen LogP contribution is 2.24. The number of aryl methyl sites for hydroxylation is 2. The van der Waals surface area contributed by atoms with Crippen LogP contribution < -0.4 is 9.88 Å².